The number of nitrogens with zero attached hydrogens (tertiary/aromatic N) is 2. The van der Waals surface area contributed by atoms with Crippen LogP contribution in [0.1, 0.15) is 10.5 Å². The number of hydrogen-bond acceptors (Lipinski definition) is 2. The quantitative estimate of drug-likeness (QED) is 0.927. The van der Waals surface area contributed by atoms with E-state index in [0.717, 1.165) is 12.1 Å². The molecular formula is C11H7BrF2N2O2. The summed E-state index contributed by atoms with van der Waals surface area (Å²) in [5, 5.41) is 12.7. The van der Waals surface area contributed by atoms with Gasteiger partial charge in [0.15, 0.2) is 5.69 Å². The van der Waals surface area contributed by atoms with Crippen molar-refractivity contribution in [2.24, 2.45) is 7.05 Å². The van der Waals surface area contributed by atoms with E-state index >= 15 is 0 Å². The lowest BCUT2D eigenvalue weighted by Crippen LogP contribution is -1.99. The highest BCUT2D eigenvalue weighted by atomic mass is 79.9. The van der Waals surface area contributed by atoms with Crippen molar-refractivity contribution in [2.75, 3.05) is 0 Å². The van der Waals surface area contributed by atoms with Crippen LogP contribution in [0.2, 0.25) is 0 Å². The highest BCUT2D eigenvalue weighted by Crippen LogP contribution is 2.32. The fourth-order valence-corrected chi connectivity index (χ4v) is 2.33. The number of halogens is 3. The van der Waals surface area contributed by atoms with Crippen molar-refractivity contribution in [3.05, 3.63) is 40.0 Å². The summed E-state index contributed by atoms with van der Waals surface area (Å²) in [7, 11) is 1.48. The molecule has 0 aliphatic carbocycles. The zero-order valence-corrected chi connectivity index (χ0v) is 10.7. The molecule has 0 spiro atoms. The first kappa shape index (κ1) is 12.7. The summed E-state index contributed by atoms with van der Waals surface area (Å²) in [6.45, 7) is 0. The first-order valence-corrected chi connectivity index (χ1v) is 5.62. The van der Waals surface area contributed by atoms with Crippen molar-refractivity contribution in [1.82, 2.24) is 9.78 Å². The molecule has 0 saturated heterocycles. The molecule has 0 saturated carbocycles. The Bertz CT molecular complexity index is 640. The van der Waals surface area contributed by atoms with Gasteiger partial charge in [0.05, 0.1) is 10.2 Å². The number of carboxylic acids is 1. The number of rotatable bonds is 2. The Balaban J connectivity index is 2.68. The number of hydrogen-bond donors (Lipinski definition) is 1. The predicted octanol–water partition coefficient (Wildman–Crippen LogP) is 2.83. The van der Waals surface area contributed by atoms with Crippen LogP contribution in [0.25, 0.3) is 11.3 Å². The van der Waals surface area contributed by atoms with Gasteiger partial charge in [0, 0.05) is 18.7 Å². The zero-order chi connectivity index (χ0) is 13.4. The maximum atomic E-state index is 13.7. The smallest absolute Gasteiger partial charge is 0.357 e. The molecule has 0 atom stereocenters. The molecule has 2 aromatic rings. The summed E-state index contributed by atoms with van der Waals surface area (Å²) in [6.07, 6.45) is 0. The molecule has 2 rings (SSSR count). The van der Waals surface area contributed by atoms with E-state index in [9.17, 15) is 13.6 Å². The van der Waals surface area contributed by atoms with Crippen LogP contribution in [0.5, 0.6) is 0 Å². The van der Waals surface area contributed by atoms with E-state index in [1.54, 1.807) is 0 Å². The number of carbonyl (C=O) groups is 1. The van der Waals surface area contributed by atoms with Gasteiger partial charge in [-0.25, -0.2) is 13.6 Å². The molecule has 18 heavy (non-hydrogen) atoms. The predicted molar refractivity (Wildman–Crippen MR) is 63.2 cm³/mol. The number of benzene rings is 1. The summed E-state index contributed by atoms with van der Waals surface area (Å²) >= 11 is 3.07. The Morgan fingerprint density at radius 2 is 2.11 bits per heavy atom. The number of aryl methyl sites for hydroxylation is 1. The molecule has 94 valence electrons. The van der Waals surface area contributed by atoms with E-state index in [0.29, 0.717) is 0 Å². The fraction of sp³-hybridized carbons (Fsp3) is 0.0909. The molecule has 1 aromatic carbocycles. The van der Waals surface area contributed by atoms with Crippen molar-refractivity contribution < 1.29 is 18.7 Å². The van der Waals surface area contributed by atoms with E-state index in [1.165, 1.54) is 17.8 Å². The first-order valence-electron chi connectivity index (χ1n) is 4.83. The van der Waals surface area contributed by atoms with Crippen LogP contribution in [0.15, 0.2) is 22.7 Å². The van der Waals surface area contributed by atoms with Crippen molar-refractivity contribution in [3.63, 3.8) is 0 Å². The highest BCUT2D eigenvalue weighted by Gasteiger charge is 2.22. The molecule has 0 bridgehead atoms. The second kappa shape index (κ2) is 4.49. The van der Waals surface area contributed by atoms with Gasteiger partial charge in [-0.05, 0) is 28.1 Å². The highest BCUT2D eigenvalue weighted by molar-refractivity contribution is 9.10. The molecule has 0 fully saturated rings. The minimum absolute atomic E-state index is 0.0748. The molecule has 0 aliphatic heterocycles. The molecule has 7 heteroatoms. The molecule has 1 N–H and O–H groups in total. The van der Waals surface area contributed by atoms with Crippen molar-refractivity contribution >= 4 is 21.9 Å². The number of carboxylic acid groups (broad SMARTS) is 1. The Kier molecular flexibility index (Phi) is 3.16. The van der Waals surface area contributed by atoms with Crippen LogP contribution < -0.4 is 0 Å². The van der Waals surface area contributed by atoms with Gasteiger partial charge in [-0.3, -0.25) is 4.68 Å². The van der Waals surface area contributed by atoms with E-state index in [2.05, 4.69) is 21.0 Å². The normalized spacial score (nSPS) is 10.7. The third-order valence-electron chi connectivity index (χ3n) is 2.38. The molecule has 0 radical (unpaired) electrons. The number of aromatic carboxylic acids is 1. The van der Waals surface area contributed by atoms with Crippen molar-refractivity contribution in [3.8, 4) is 11.3 Å². The molecule has 0 amide bonds. The van der Waals surface area contributed by atoms with Crippen LogP contribution in [0.4, 0.5) is 8.78 Å². The monoisotopic (exact) mass is 316 g/mol. The standard InChI is InChI=1S/C11H7BrF2N2O2/c1-16-10(8(12)9(15-16)11(17)18)6-3-2-5(13)4-7(6)14/h2-4H,1H3,(H,17,18). The molecule has 0 unspecified atom stereocenters. The molecule has 4 nitrogen and oxygen atoms in total. The lowest BCUT2D eigenvalue weighted by Gasteiger charge is -2.04. The van der Waals surface area contributed by atoms with Gasteiger partial charge in [0.1, 0.15) is 11.6 Å². The fourth-order valence-electron chi connectivity index (χ4n) is 1.61. The lowest BCUT2D eigenvalue weighted by molar-refractivity contribution is 0.0688. The van der Waals surface area contributed by atoms with Crippen LogP contribution in [0, 0.1) is 11.6 Å². The first-order chi connectivity index (χ1) is 8.41. The molecule has 1 aromatic heterocycles. The summed E-state index contributed by atoms with van der Waals surface area (Å²) in [6, 6.07) is 3.06. The van der Waals surface area contributed by atoms with Crippen LogP contribution >= 0.6 is 15.9 Å². The summed E-state index contributed by atoms with van der Waals surface area (Å²) in [5.74, 6) is -2.71. The van der Waals surface area contributed by atoms with E-state index in [4.69, 9.17) is 5.11 Å². The molecule has 0 aliphatic rings. The Labute approximate surface area is 109 Å². The minimum atomic E-state index is -1.23. The van der Waals surface area contributed by atoms with Gasteiger partial charge in [-0.1, -0.05) is 0 Å². The summed E-state index contributed by atoms with van der Waals surface area (Å²) in [5.41, 5.74) is 0.0897. The van der Waals surface area contributed by atoms with Crippen molar-refractivity contribution in [2.45, 2.75) is 0 Å². The Morgan fingerprint density at radius 1 is 1.44 bits per heavy atom. The van der Waals surface area contributed by atoms with Gasteiger partial charge >= 0.3 is 5.97 Å². The maximum absolute atomic E-state index is 13.7. The second-order valence-corrected chi connectivity index (χ2v) is 4.36. The minimum Gasteiger partial charge on any atom is -0.476 e. The molecular weight excluding hydrogens is 310 g/mol. The van der Waals surface area contributed by atoms with Gasteiger partial charge in [0.25, 0.3) is 0 Å². The van der Waals surface area contributed by atoms with E-state index < -0.39 is 17.6 Å². The largest absolute Gasteiger partial charge is 0.476 e. The van der Waals surface area contributed by atoms with Gasteiger partial charge in [0.2, 0.25) is 0 Å². The summed E-state index contributed by atoms with van der Waals surface area (Å²) in [4.78, 5) is 10.9. The Hall–Kier alpha value is -1.76. The van der Waals surface area contributed by atoms with Crippen molar-refractivity contribution in [1.29, 1.82) is 0 Å². The second-order valence-electron chi connectivity index (χ2n) is 3.56. The van der Waals surface area contributed by atoms with Gasteiger partial charge < -0.3 is 5.11 Å². The molecule has 1 heterocycles. The van der Waals surface area contributed by atoms with E-state index in [1.807, 2.05) is 0 Å². The topological polar surface area (TPSA) is 55.1 Å². The SMILES string of the molecule is Cn1nc(C(=O)O)c(Br)c1-c1ccc(F)cc1F. The average Bonchev–Trinajstić information content (AvgIpc) is 2.56. The lowest BCUT2D eigenvalue weighted by atomic mass is 10.1. The Morgan fingerprint density at radius 3 is 2.61 bits per heavy atom. The summed E-state index contributed by atoms with van der Waals surface area (Å²) < 4.78 is 27.9. The van der Waals surface area contributed by atoms with Crippen LogP contribution in [0.3, 0.4) is 0 Å². The van der Waals surface area contributed by atoms with Gasteiger partial charge in [-0.2, -0.15) is 5.10 Å². The van der Waals surface area contributed by atoms with Gasteiger partial charge in [-0.15, -0.1) is 0 Å². The average molecular weight is 317 g/mol. The number of aromatic nitrogens is 2. The van der Waals surface area contributed by atoms with Crippen LogP contribution in [-0.2, 0) is 7.05 Å². The van der Waals surface area contributed by atoms with E-state index in [-0.39, 0.29) is 21.4 Å². The maximum Gasteiger partial charge on any atom is 0.357 e. The van der Waals surface area contributed by atoms with Crippen LogP contribution in [-0.4, -0.2) is 20.9 Å². The third-order valence-corrected chi connectivity index (χ3v) is 3.13. The third kappa shape index (κ3) is 2.01. The zero-order valence-electron chi connectivity index (χ0n) is 9.12.